The lowest BCUT2D eigenvalue weighted by atomic mass is 10.2. The molecule has 0 saturated carbocycles. The van der Waals surface area contributed by atoms with Crippen LogP contribution in [-0.4, -0.2) is 22.5 Å². The van der Waals surface area contributed by atoms with Crippen LogP contribution in [0.5, 0.6) is 5.75 Å². The maximum Gasteiger partial charge on any atom is 0.282 e. The first-order valence-electron chi connectivity index (χ1n) is 10.3. The summed E-state index contributed by atoms with van der Waals surface area (Å²) in [5, 5.41) is 6.44. The number of para-hydroxylation sites is 1. The van der Waals surface area contributed by atoms with E-state index in [-0.39, 0.29) is 11.4 Å². The summed E-state index contributed by atoms with van der Waals surface area (Å²) < 4.78 is 13.6. The molecule has 9 heteroatoms. The Labute approximate surface area is 212 Å². The van der Waals surface area contributed by atoms with Crippen molar-refractivity contribution >= 4 is 67.2 Å². The number of hydrogen-bond acceptors (Lipinski definition) is 5. The molecule has 0 bridgehead atoms. The minimum atomic E-state index is -0.332. The standard InChI is InChI=1S/C25H16BrCl2N3O3/c1-2-33-23-18(27)9-14(10-19(23)28)13-29-31-24(30-20-6-4-3-5-17(20)25(31)32)22-12-15-11-16(26)7-8-21(15)34-22/h3-13H,2H2,1H3. The molecule has 5 aromatic rings. The molecule has 34 heavy (non-hydrogen) atoms. The lowest BCUT2D eigenvalue weighted by Gasteiger charge is -2.09. The smallest absolute Gasteiger partial charge is 0.282 e. The average Bonchev–Trinajstić information content (AvgIpc) is 3.24. The molecule has 0 spiro atoms. The zero-order chi connectivity index (χ0) is 23.8. The third-order valence-electron chi connectivity index (χ3n) is 5.08. The van der Waals surface area contributed by atoms with Crippen LogP contribution in [0.15, 0.2) is 79.4 Å². The van der Waals surface area contributed by atoms with Crippen molar-refractivity contribution in [2.24, 2.45) is 5.10 Å². The van der Waals surface area contributed by atoms with Crippen molar-refractivity contribution in [3.8, 4) is 17.3 Å². The molecule has 3 aromatic carbocycles. The Morgan fingerprint density at radius 2 is 1.88 bits per heavy atom. The molecule has 0 unspecified atom stereocenters. The fourth-order valence-electron chi connectivity index (χ4n) is 3.58. The van der Waals surface area contributed by atoms with E-state index in [4.69, 9.17) is 32.4 Å². The lowest BCUT2D eigenvalue weighted by molar-refractivity contribution is 0.340. The Hall–Kier alpha value is -3.13. The topological polar surface area (TPSA) is 69.6 Å². The van der Waals surface area contributed by atoms with Crippen molar-refractivity contribution in [2.75, 3.05) is 6.61 Å². The van der Waals surface area contributed by atoms with E-state index in [0.29, 0.717) is 50.2 Å². The van der Waals surface area contributed by atoms with Crippen molar-refractivity contribution in [1.29, 1.82) is 0 Å². The summed E-state index contributed by atoms with van der Waals surface area (Å²) in [4.78, 5) is 18.1. The van der Waals surface area contributed by atoms with E-state index in [1.165, 1.54) is 10.9 Å². The lowest BCUT2D eigenvalue weighted by Crippen LogP contribution is -2.20. The van der Waals surface area contributed by atoms with Gasteiger partial charge >= 0.3 is 0 Å². The van der Waals surface area contributed by atoms with Crippen LogP contribution in [-0.2, 0) is 0 Å². The van der Waals surface area contributed by atoms with Crippen LogP contribution < -0.4 is 10.3 Å². The fourth-order valence-corrected chi connectivity index (χ4v) is 4.57. The first-order valence-corrected chi connectivity index (χ1v) is 11.9. The van der Waals surface area contributed by atoms with Gasteiger partial charge in [-0.1, -0.05) is 51.3 Å². The van der Waals surface area contributed by atoms with E-state index in [2.05, 4.69) is 26.0 Å². The number of fused-ring (bicyclic) bond motifs is 2. The van der Waals surface area contributed by atoms with Gasteiger partial charge < -0.3 is 9.15 Å². The van der Waals surface area contributed by atoms with Crippen LogP contribution in [0.1, 0.15) is 12.5 Å². The van der Waals surface area contributed by atoms with Crippen molar-refractivity contribution in [3.63, 3.8) is 0 Å². The Balaban J connectivity index is 1.68. The van der Waals surface area contributed by atoms with E-state index >= 15 is 0 Å². The number of ether oxygens (including phenoxy) is 1. The van der Waals surface area contributed by atoms with Crippen molar-refractivity contribution < 1.29 is 9.15 Å². The van der Waals surface area contributed by atoms with Gasteiger partial charge in [-0.3, -0.25) is 4.79 Å². The second-order valence-corrected chi connectivity index (χ2v) is 9.08. The number of halogens is 3. The summed E-state index contributed by atoms with van der Waals surface area (Å²) >= 11 is 16.1. The van der Waals surface area contributed by atoms with Gasteiger partial charge in [0.05, 0.1) is 33.8 Å². The van der Waals surface area contributed by atoms with Crippen molar-refractivity contribution in [1.82, 2.24) is 9.66 Å². The number of furan rings is 1. The van der Waals surface area contributed by atoms with E-state index in [1.807, 2.05) is 37.3 Å². The second kappa shape index (κ2) is 9.25. The Kier molecular flexibility index (Phi) is 6.16. The molecule has 0 aliphatic heterocycles. The summed E-state index contributed by atoms with van der Waals surface area (Å²) in [6.07, 6.45) is 1.49. The molecule has 0 N–H and O–H groups in total. The summed E-state index contributed by atoms with van der Waals surface area (Å²) in [5.41, 5.74) is 1.48. The van der Waals surface area contributed by atoms with Gasteiger partial charge in [0.1, 0.15) is 5.58 Å². The summed E-state index contributed by atoms with van der Waals surface area (Å²) in [6, 6.07) is 17.9. The van der Waals surface area contributed by atoms with Crippen LogP contribution in [0.25, 0.3) is 33.5 Å². The number of benzene rings is 3. The summed E-state index contributed by atoms with van der Waals surface area (Å²) in [5.74, 6) is 1.09. The van der Waals surface area contributed by atoms with Gasteiger partial charge in [0.2, 0.25) is 5.82 Å². The van der Waals surface area contributed by atoms with Crippen molar-refractivity contribution in [3.05, 3.63) is 91.1 Å². The molecule has 0 amide bonds. The van der Waals surface area contributed by atoms with Gasteiger partial charge in [-0.15, -0.1) is 0 Å². The van der Waals surface area contributed by atoms with E-state index in [9.17, 15) is 4.79 Å². The molecule has 0 atom stereocenters. The number of nitrogens with zero attached hydrogens (tertiary/aromatic N) is 3. The van der Waals surface area contributed by atoms with Crippen LogP contribution >= 0.6 is 39.1 Å². The Morgan fingerprint density at radius 1 is 1.12 bits per heavy atom. The van der Waals surface area contributed by atoms with Crippen LogP contribution in [0.4, 0.5) is 0 Å². The second-order valence-electron chi connectivity index (χ2n) is 7.35. The summed E-state index contributed by atoms with van der Waals surface area (Å²) in [6.45, 7) is 2.28. The average molecular weight is 557 g/mol. The monoisotopic (exact) mass is 555 g/mol. The minimum absolute atomic E-state index is 0.274. The van der Waals surface area contributed by atoms with Crippen molar-refractivity contribution in [2.45, 2.75) is 6.92 Å². The highest BCUT2D eigenvalue weighted by Gasteiger charge is 2.17. The van der Waals surface area contributed by atoms with Gasteiger partial charge in [0.15, 0.2) is 11.5 Å². The Bertz CT molecular complexity index is 1620. The molecule has 2 aromatic heterocycles. The number of aromatic nitrogens is 2. The molecular formula is C25H16BrCl2N3O3. The van der Waals surface area contributed by atoms with Crippen LogP contribution in [0, 0.1) is 0 Å². The molecule has 2 heterocycles. The zero-order valence-corrected chi connectivity index (χ0v) is 20.9. The highest BCUT2D eigenvalue weighted by atomic mass is 79.9. The quantitative estimate of drug-likeness (QED) is 0.215. The van der Waals surface area contributed by atoms with Gasteiger partial charge in [0, 0.05) is 9.86 Å². The molecule has 0 aliphatic carbocycles. The fraction of sp³-hybridized carbons (Fsp3) is 0.0800. The van der Waals surface area contributed by atoms with Gasteiger partial charge in [-0.2, -0.15) is 9.78 Å². The molecule has 0 radical (unpaired) electrons. The minimum Gasteiger partial charge on any atom is -0.491 e. The predicted molar refractivity (Wildman–Crippen MR) is 140 cm³/mol. The third kappa shape index (κ3) is 4.22. The first kappa shape index (κ1) is 22.7. The van der Waals surface area contributed by atoms with Gasteiger partial charge in [0.25, 0.3) is 5.56 Å². The van der Waals surface area contributed by atoms with E-state index < -0.39 is 0 Å². The molecule has 5 rings (SSSR count). The molecule has 0 aliphatic rings. The molecular weight excluding hydrogens is 541 g/mol. The normalized spacial score (nSPS) is 11.6. The van der Waals surface area contributed by atoms with E-state index in [1.54, 1.807) is 30.3 Å². The van der Waals surface area contributed by atoms with Crippen LogP contribution in [0.2, 0.25) is 10.0 Å². The zero-order valence-electron chi connectivity index (χ0n) is 17.8. The van der Waals surface area contributed by atoms with E-state index in [0.717, 1.165) is 9.86 Å². The third-order valence-corrected chi connectivity index (χ3v) is 6.14. The number of rotatable bonds is 5. The first-order chi connectivity index (χ1) is 16.4. The highest BCUT2D eigenvalue weighted by Crippen LogP contribution is 2.34. The largest absolute Gasteiger partial charge is 0.491 e. The predicted octanol–water partition coefficient (Wildman–Crippen LogP) is 7.16. The van der Waals surface area contributed by atoms with Crippen LogP contribution in [0.3, 0.4) is 0 Å². The highest BCUT2D eigenvalue weighted by molar-refractivity contribution is 9.10. The van der Waals surface area contributed by atoms with Gasteiger partial charge in [-0.05, 0) is 61.0 Å². The summed E-state index contributed by atoms with van der Waals surface area (Å²) in [7, 11) is 0. The SMILES string of the molecule is CCOc1c(Cl)cc(C=Nn2c(-c3cc4cc(Br)ccc4o3)nc3ccccc3c2=O)cc1Cl. The Morgan fingerprint density at radius 3 is 2.65 bits per heavy atom. The maximum absolute atomic E-state index is 13.4. The molecule has 6 nitrogen and oxygen atoms in total. The molecule has 0 saturated heterocycles. The molecule has 0 fully saturated rings. The molecule has 170 valence electrons. The number of hydrogen-bond donors (Lipinski definition) is 0. The maximum atomic E-state index is 13.4. The van der Waals surface area contributed by atoms with Gasteiger partial charge in [-0.25, -0.2) is 4.98 Å².